The fraction of sp³-hybridized carbons (Fsp3) is 0.316. The molecule has 1 saturated carbocycles. The zero-order chi connectivity index (χ0) is 20.3. The molecule has 0 bridgehead atoms. The predicted octanol–water partition coefficient (Wildman–Crippen LogP) is 4.85. The van der Waals surface area contributed by atoms with Crippen LogP contribution < -0.4 is 14.8 Å². The molecule has 2 aromatic carbocycles. The third kappa shape index (κ3) is 4.95. The summed E-state index contributed by atoms with van der Waals surface area (Å²) in [5.74, 6) is 0.189. The number of phenolic OH excluding ortho intramolecular Hbond substituents is 1. The van der Waals surface area contributed by atoms with Crippen molar-refractivity contribution in [1.29, 1.82) is 0 Å². The maximum Gasteiger partial charge on any atom is 0.387 e. The van der Waals surface area contributed by atoms with Gasteiger partial charge in [-0.15, -0.1) is 0 Å². The Morgan fingerprint density at radius 3 is 2.64 bits per heavy atom. The number of rotatable bonds is 7. The predicted molar refractivity (Wildman–Crippen MR) is 100 cm³/mol. The number of hydrogen-bond donors (Lipinski definition) is 2. The molecule has 0 radical (unpaired) electrons. The number of nitrogens with zero attached hydrogens (tertiary/aromatic N) is 1. The first-order chi connectivity index (χ1) is 13.4. The standard InChI is InChI=1S/C19H19ClF2N2O4/c1-27-17-8-11(2-6-15(17)25)10-24(13-4-5-13)19(26)23-12-3-7-16(14(20)9-12)28-18(21)22/h2-3,6-9,13,18,25H,4-5,10H2,1H3,(H,23,26). The first kappa shape index (κ1) is 20.0. The monoisotopic (exact) mass is 412 g/mol. The minimum absolute atomic E-state index is 0.0226. The van der Waals surface area contributed by atoms with E-state index in [9.17, 15) is 18.7 Å². The van der Waals surface area contributed by atoms with Crippen LogP contribution in [0.3, 0.4) is 0 Å². The van der Waals surface area contributed by atoms with E-state index >= 15 is 0 Å². The van der Waals surface area contributed by atoms with Crippen molar-refractivity contribution < 1.29 is 28.2 Å². The second-order valence-corrected chi connectivity index (χ2v) is 6.73. The van der Waals surface area contributed by atoms with E-state index in [1.807, 2.05) is 0 Å². The van der Waals surface area contributed by atoms with Crippen molar-refractivity contribution in [2.75, 3.05) is 12.4 Å². The number of alkyl halides is 2. The van der Waals surface area contributed by atoms with Crippen molar-refractivity contribution in [2.45, 2.75) is 32.0 Å². The first-order valence-corrected chi connectivity index (χ1v) is 8.93. The number of benzene rings is 2. The number of carbonyl (C=O) groups is 1. The van der Waals surface area contributed by atoms with Crippen molar-refractivity contribution in [3.8, 4) is 17.2 Å². The third-order valence-electron chi connectivity index (χ3n) is 4.24. The third-order valence-corrected chi connectivity index (χ3v) is 4.54. The molecule has 2 amide bonds. The van der Waals surface area contributed by atoms with E-state index < -0.39 is 6.61 Å². The van der Waals surface area contributed by atoms with Gasteiger partial charge in [0.05, 0.1) is 12.1 Å². The van der Waals surface area contributed by atoms with Crippen molar-refractivity contribution in [3.05, 3.63) is 47.0 Å². The number of anilines is 1. The smallest absolute Gasteiger partial charge is 0.387 e. The minimum atomic E-state index is -2.98. The molecule has 150 valence electrons. The molecular formula is C19H19ClF2N2O4. The Balaban J connectivity index is 1.71. The van der Waals surface area contributed by atoms with E-state index in [4.69, 9.17) is 16.3 Å². The van der Waals surface area contributed by atoms with Gasteiger partial charge in [-0.2, -0.15) is 8.78 Å². The molecule has 6 nitrogen and oxygen atoms in total. The van der Waals surface area contributed by atoms with Gasteiger partial charge in [0.25, 0.3) is 0 Å². The number of aromatic hydroxyl groups is 1. The number of ether oxygens (including phenoxy) is 2. The Kier molecular flexibility index (Phi) is 6.08. The average molecular weight is 413 g/mol. The molecule has 0 heterocycles. The second kappa shape index (κ2) is 8.52. The zero-order valence-corrected chi connectivity index (χ0v) is 15.7. The molecule has 28 heavy (non-hydrogen) atoms. The van der Waals surface area contributed by atoms with E-state index in [-0.39, 0.29) is 28.6 Å². The average Bonchev–Trinajstić information content (AvgIpc) is 3.47. The SMILES string of the molecule is COc1cc(CN(C(=O)Nc2ccc(OC(F)F)c(Cl)c2)C2CC2)ccc1O. The molecule has 1 aliphatic rings. The Morgan fingerprint density at radius 2 is 2.04 bits per heavy atom. The summed E-state index contributed by atoms with van der Waals surface area (Å²) >= 11 is 5.93. The molecule has 0 unspecified atom stereocenters. The van der Waals surface area contributed by atoms with Crippen LogP contribution in [0.4, 0.5) is 19.3 Å². The molecule has 0 aromatic heterocycles. The van der Waals surface area contributed by atoms with Crippen LogP contribution in [0.2, 0.25) is 5.02 Å². The van der Waals surface area contributed by atoms with Crippen LogP contribution >= 0.6 is 11.6 Å². The zero-order valence-electron chi connectivity index (χ0n) is 15.0. The first-order valence-electron chi connectivity index (χ1n) is 8.55. The lowest BCUT2D eigenvalue weighted by Gasteiger charge is -2.23. The van der Waals surface area contributed by atoms with Gasteiger partial charge in [-0.25, -0.2) is 4.79 Å². The normalized spacial score (nSPS) is 13.3. The number of hydrogen-bond acceptors (Lipinski definition) is 4. The maximum atomic E-state index is 12.7. The highest BCUT2D eigenvalue weighted by Gasteiger charge is 2.33. The Morgan fingerprint density at radius 1 is 1.29 bits per heavy atom. The van der Waals surface area contributed by atoms with E-state index in [1.54, 1.807) is 17.0 Å². The van der Waals surface area contributed by atoms with Gasteiger partial charge in [0.15, 0.2) is 11.5 Å². The summed E-state index contributed by atoms with van der Waals surface area (Å²) in [5.41, 5.74) is 1.17. The van der Waals surface area contributed by atoms with E-state index in [2.05, 4.69) is 10.1 Å². The fourth-order valence-electron chi connectivity index (χ4n) is 2.74. The summed E-state index contributed by atoms with van der Waals surface area (Å²) in [6.45, 7) is -2.65. The molecular weight excluding hydrogens is 394 g/mol. The van der Waals surface area contributed by atoms with Crippen molar-refractivity contribution >= 4 is 23.3 Å². The van der Waals surface area contributed by atoms with E-state index in [1.165, 1.54) is 31.4 Å². The van der Waals surface area contributed by atoms with Gasteiger partial charge in [-0.1, -0.05) is 17.7 Å². The van der Waals surface area contributed by atoms with Crippen LogP contribution in [0.5, 0.6) is 17.2 Å². The van der Waals surface area contributed by atoms with Crippen molar-refractivity contribution in [1.82, 2.24) is 4.90 Å². The minimum Gasteiger partial charge on any atom is -0.504 e. The topological polar surface area (TPSA) is 71.0 Å². The number of nitrogens with one attached hydrogen (secondary N) is 1. The van der Waals surface area contributed by atoms with Crippen molar-refractivity contribution in [3.63, 3.8) is 0 Å². The lowest BCUT2D eigenvalue weighted by atomic mass is 10.2. The van der Waals surface area contributed by atoms with Gasteiger partial charge in [0.2, 0.25) is 0 Å². The molecule has 1 aliphatic carbocycles. The quantitative estimate of drug-likeness (QED) is 0.681. The van der Waals surface area contributed by atoms with Crippen LogP contribution in [0, 0.1) is 0 Å². The number of phenols is 1. The van der Waals surface area contributed by atoms with Crippen molar-refractivity contribution in [2.24, 2.45) is 0 Å². The Labute approximate surface area is 165 Å². The molecule has 2 N–H and O–H groups in total. The highest BCUT2D eigenvalue weighted by Crippen LogP contribution is 2.33. The van der Waals surface area contributed by atoms with Crippen LogP contribution in [-0.2, 0) is 6.54 Å². The summed E-state index contributed by atoms with van der Waals surface area (Å²) in [6, 6.07) is 8.74. The van der Waals surface area contributed by atoms with Gasteiger partial charge >= 0.3 is 12.6 Å². The van der Waals surface area contributed by atoms with Gasteiger partial charge < -0.3 is 24.8 Å². The molecule has 1 fully saturated rings. The molecule has 9 heteroatoms. The van der Waals surface area contributed by atoms with Gasteiger partial charge in [-0.3, -0.25) is 0 Å². The Bertz CT molecular complexity index is 862. The summed E-state index contributed by atoms with van der Waals surface area (Å²) < 4.78 is 34.0. The second-order valence-electron chi connectivity index (χ2n) is 6.32. The lowest BCUT2D eigenvalue weighted by molar-refractivity contribution is -0.0497. The fourth-order valence-corrected chi connectivity index (χ4v) is 2.96. The Hall–Kier alpha value is -2.74. The molecule has 0 atom stereocenters. The summed E-state index contributed by atoms with van der Waals surface area (Å²) in [4.78, 5) is 14.4. The largest absolute Gasteiger partial charge is 0.504 e. The van der Waals surface area contributed by atoms with Gasteiger partial charge in [0, 0.05) is 18.3 Å². The molecule has 3 rings (SSSR count). The molecule has 2 aromatic rings. The highest BCUT2D eigenvalue weighted by atomic mass is 35.5. The number of methoxy groups -OCH3 is 1. The number of carbonyl (C=O) groups excluding carboxylic acids is 1. The number of urea groups is 1. The van der Waals surface area contributed by atoms with Crippen LogP contribution in [0.1, 0.15) is 18.4 Å². The van der Waals surface area contributed by atoms with Crippen LogP contribution in [-0.4, -0.2) is 35.8 Å². The van der Waals surface area contributed by atoms with E-state index in [0.29, 0.717) is 18.0 Å². The molecule has 0 spiro atoms. The summed E-state index contributed by atoms with van der Waals surface area (Å²) in [7, 11) is 1.45. The van der Waals surface area contributed by atoms with Crippen LogP contribution in [0.25, 0.3) is 0 Å². The summed E-state index contributed by atoms with van der Waals surface area (Å²) in [6.07, 6.45) is 1.79. The lowest BCUT2D eigenvalue weighted by Crippen LogP contribution is -2.36. The maximum absolute atomic E-state index is 12.7. The summed E-state index contributed by atoms with van der Waals surface area (Å²) in [5, 5.41) is 12.4. The van der Waals surface area contributed by atoms with Gasteiger partial charge in [-0.05, 0) is 48.7 Å². The number of amides is 2. The molecule has 0 aliphatic heterocycles. The van der Waals surface area contributed by atoms with Crippen LogP contribution in [0.15, 0.2) is 36.4 Å². The van der Waals surface area contributed by atoms with Gasteiger partial charge in [0.1, 0.15) is 5.75 Å². The number of halogens is 3. The molecule has 0 saturated heterocycles. The highest BCUT2D eigenvalue weighted by molar-refractivity contribution is 6.32. The van der Waals surface area contributed by atoms with E-state index in [0.717, 1.165) is 18.4 Å².